The lowest BCUT2D eigenvalue weighted by Crippen LogP contribution is -2.22. The van der Waals surface area contributed by atoms with Crippen molar-refractivity contribution in [3.8, 4) is 17.3 Å². The van der Waals surface area contributed by atoms with Crippen LogP contribution >= 0.6 is 0 Å². The number of aromatic nitrogens is 1. The van der Waals surface area contributed by atoms with Gasteiger partial charge in [0.05, 0.1) is 22.6 Å². The number of pyridine rings is 1. The van der Waals surface area contributed by atoms with E-state index in [1.807, 2.05) is 24.4 Å². The van der Waals surface area contributed by atoms with Crippen LogP contribution in [0.15, 0.2) is 60.8 Å². The number of nitrogens with zero attached hydrogens (tertiary/aromatic N) is 3. The van der Waals surface area contributed by atoms with Gasteiger partial charge in [-0.15, -0.1) is 0 Å². The highest BCUT2D eigenvalue weighted by Gasteiger charge is 2.12. The summed E-state index contributed by atoms with van der Waals surface area (Å²) in [6.45, 7) is 6.87. The van der Waals surface area contributed by atoms with Crippen molar-refractivity contribution in [1.82, 2.24) is 9.88 Å². The van der Waals surface area contributed by atoms with E-state index in [2.05, 4.69) is 35.1 Å². The normalized spacial score (nSPS) is 10.6. The number of benzene rings is 2. The molecule has 6 heteroatoms. The molecule has 0 aliphatic heterocycles. The summed E-state index contributed by atoms with van der Waals surface area (Å²) in [6.07, 6.45) is 1.81. The summed E-state index contributed by atoms with van der Waals surface area (Å²) in [5.74, 6) is -0.248. The summed E-state index contributed by atoms with van der Waals surface area (Å²) in [5.41, 5.74) is 10.4. The number of rotatable bonds is 7. The van der Waals surface area contributed by atoms with Gasteiger partial charge in [0.25, 0.3) is 5.91 Å². The first-order valence-corrected chi connectivity index (χ1v) is 9.93. The first kappa shape index (κ1) is 21.0. The van der Waals surface area contributed by atoms with Crippen molar-refractivity contribution in [2.75, 3.05) is 24.1 Å². The number of carbonyl (C=O) groups is 1. The Bertz CT molecular complexity index is 1070. The minimum absolute atomic E-state index is 0.248. The van der Waals surface area contributed by atoms with E-state index in [9.17, 15) is 10.1 Å². The monoisotopic (exact) mass is 399 g/mol. The molecule has 1 aromatic heterocycles. The molecule has 3 aromatic rings. The molecule has 0 aliphatic carbocycles. The molecule has 3 rings (SSSR count). The number of hydrogen-bond donors (Lipinski definition) is 2. The molecule has 6 nitrogen and oxygen atoms in total. The van der Waals surface area contributed by atoms with E-state index in [0.717, 1.165) is 30.8 Å². The van der Waals surface area contributed by atoms with Crippen molar-refractivity contribution >= 4 is 17.3 Å². The van der Waals surface area contributed by atoms with Gasteiger partial charge >= 0.3 is 0 Å². The molecule has 152 valence electrons. The first-order chi connectivity index (χ1) is 14.5. The third-order valence-corrected chi connectivity index (χ3v) is 4.99. The lowest BCUT2D eigenvalue weighted by molar-refractivity contribution is 0.102. The van der Waals surface area contributed by atoms with Gasteiger partial charge in [0.15, 0.2) is 0 Å². The molecule has 0 bridgehead atoms. The number of amides is 1. The number of para-hydroxylation sites is 2. The molecule has 30 heavy (non-hydrogen) atoms. The second-order valence-electron chi connectivity index (χ2n) is 6.93. The van der Waals surface area contributed by atoms with Crippen molar-refractivity contribution < 1.29 is 4.79 Å². The minimum Gasteiger partial charge on any atom is -0.397 e. The summed E-state index contributed by atoms with van der Waals surface area (Å²) >= 11 is 0. The average Bonchev–Trinajstić information content (AvgIpc) is 2.79. The Morgan fingerprint density at radius 3 is 2.47 bits per heavy atom. The molecule has 0 fully saturated rings. The highest BCUT2D eigenvalue weighted by atomic mass is 16.1. The van der Waals surface area contributed by atoms with Crippen LogP contribution in [0.2, 0.25) is 0 Å². The lowest BCUT2D eigenvalue weighted by atomic mass is 10.0. The van der Waals surface area contributed by atoms with Crippen LogP contribution in [0.1, 0.15) is 35.3 Å². The van der Waals surface area contributed by atoms with Crippen LogP contribution in [0.5, 0.6) is 0 Å². The van der Waals surface area contributed by atoms with Crippen molar-refractivity contribution in [3.05, 3.63) is 77.5 Å². The highest BCUT2D eigenvalue weighted by Crippen LogP contribution is 2.24. The van der Waals surface area contributed by atoms with Crippen molar-refractivity contribution in [2.24, 2.45) is 0 Å². The average molecular weight is 399 g/mol. The van der Waals surface area contributed by atoms with E-state index in [4.69, 9.17) is 5.73 Å². The zero-order valence-electron chi connectivity index (χ0n) is 17.2. The quantitative estimate of drug-likeness (QED) is 0.578. The van der Waals surface area contributed by atoms with Crippen LogP contribution in [0.25, 0.3) is 11.3 Å². The summed E-state index contributed by atoms with van der Waals surface area (Å²) in [5, 5.41) is 12.4. The largest absolute Gasteiger partial charge is 0.397 e. The number of nitrogens with one attached hydrogen (secondary N) is 1. The van der Waals surface area contributed by atoms with E-state index < -0.39 is 0 Å². The fourth-order valence-electron chi connectivity index (χ4n) is 3.20. The molecule has 1 amide bonds. The van der Waals surface area contributed by atoms with Gasteiger partial charge in [-0.2, -0.15) is 5.26 Å². The van der Waals surface area contributed by atoms with E-state index in [0.29, 0.717) is 28.2 Å². The lowest BCUT2D eigenvalue weighted by Gasteiger charge is -2.18. The summed E-state index contributed by atoms with van der Waals surface area (Å²) < 4.78 is 0. The first-order valence-electron chi connectivity index (χ1n) is 9.93. The van der Waals surface area contributed by atoms with Crippen LogP contribution in [-0.4, -0.2) is 28.9 Å². The van der Waals surface area contributed by atoms with Crippen LogP contribution < -0.4 is 11.1 Å². The Labute approximate surface area is 177 Å². The van der Waals surface area contributed by atoms with Gasteiger partial charge < -0.3 is 11.1 Å². The second-order valence-corrected chi connectivity index (χ2v) is 6.93. The van der Waals surface area contributed by atoms with Gasteiger partial charge in [0.2, 0.25) is 0 Å². The third kappa shape index (κ3) is 4.83. The van der Waals surface area contributed by atoms with Crippen LogP contribution in [-0.2, 0) is 6.54 Å². The standard InChI is InChI=1S/C24H25N5O/c1-3-29(4-2)16-17-13-20(14-25)23(27-15-17)18-9-11-19(12-10-18)24(30)28-22-8-6-5-7-21(22)26/h5-13,15H,3-4,16,26H2,1-2H3,(H,28,30). The van der Waals surface area contributed by atoms with E-state index in [1.165, 1.54) is 0 Å². The van der Waals surface area contributed by atoms with Gasteiger partial charge in [0.1, 0.15) is 6.07 Å². The van der Waals surface area contributed by atoms with Gasteiger partial charge in [-0.3, -0.25) is 14.7 Å². The Morgan fingerprint density at radius 1 is 1.13 bits per heavy atom. The molecule has 0 radical (unpaired) electrons. The zero-order valence-corrected chi connectivity index (χ0v) is 17.2. The van der Waals surface area contributed by atoms with E-state index in [1.54, 1.807) is 36.4 Å². The van der Waals surface area contributed by atoms with E-state index in [-0.39, 0.29) is 5.91 Å². The van der Waals surface area contributed by atoms with Gasteiger partial charge in [-0.1, -0.05) is 38.1 Å². The van der Waals surface area contributed by atoms with Crippen LogP contribution in [0, 0.1) is 11.3 Å². The molecule has 3 N–H and O–H groups in total. The smallest absolute Gasteiger partial charge is 0.255 e. The molecule has 2 aromatic carbocycles. The summed E-state index contributed by atoms with van der Waals surface area (Å²) in [6, 6.07) is 18.3. The van der Waals surface area contributed by atoms with Gasteiger partial charge in [-0.05, 0) is 49.0 Å². The molecule has 0 saturated heterocycles. The molecule has 0 spiro atoms. The van der Waals surface area contributed by atoms with E-state index >= 15 is 0 Å². The van der Waals surface area contributed by atoms with Crippen molar-refractivity contribution in [3.63, 3.8) is 0 Å². The number of nitrogens with two attached hydrogens (primary N) is 1. The predicted molar refractivity (Wildman–Crippen MR) is 120 cm³/mol. The minimum atomic E-state index is -0.248. The Balaban J connectivity index is 1.79. The Morgan fingerprint density at radius 2 is 1.83 bits per heavy atom. The van der Waals surface area contributed by atoms with Crippen molar-refractivity contribution in [2.45, 2.75) is 20.4 Å². The number of nitrogen functional groups attached to an aromatic ring is 1. The third-order valence-electron chi connectivity index (χ3n) is 4.99. The van der Waals surface area contributed by atoms with Crippen LogP contribution in [0.3, 0.4) is 0 Å². The molecule has 1 heterocycles. The zero-order chi connectivity index (χ0) is 21.5. The maximum atomic E-state index is 12.5. The maximum absolute atomic E-state index is 12.5. The maximum Gasteiger partial charge on any atom is 0.255 e. The molecular formula is C24H25N5O. The SMILES string of the molecule is CCN(CC)Cc1cnc(-c2ccc(C(=O)Nc3ccccc3N)cc2)c(C#N)c1. The fraction of sp³-hybridized carbons (Fsp3) is 0.208. The Hall–Kier alpha value is -3.69. The van der Waals surface area contributed by atoms with Gasteiger partial charge in [-0.25, -0.2) is 0 Å². The topological polar surface area (TPSA) is 95.0 Å². The second kappa shape index (κ2) is 9.68. The number of hydrogen-bond acceptors (Lipinski definition) is 5. The fourth-order valence-corrected chi connectivity index (χ4v) is 3.20. The molecule has 0 saturated carbocycles. The number of carbonyl (C=O) groups excluding carboxylic acids is 1. The summed E-state index contributed by atoms with van der Waals surface area (Å²) in [7, 11) is 0. The molecule has 0 unspecified atom stereocenters. The molecule has 0 aliphatic rings. The Kier molecular flexibility index (Phi) is 6.79. The van der Waals surface area contributed by atoms with Gasteiger partial charge in [0, 0.05) is 23.9 Å². The van der Waals surface area contributed by atoms with Crippen molar-refractivity contribution in [1.29, 1.82) is 5.26 Å². The predicted octanol–water partition coefficient (Wildman–Crippen LogP) is 4.30. The molecular weight excluding hydrogens is 374 g/mol. The van der Waals surface area contributed by atoms with Crippen LogP contribution in [0.4, 0.5) is 11.4 Å². The highest BCUT2D eigenvalue weighted by molar-refractivity contribution is 6.05. The summed E-state index contributed by atoms with van der Waals surface area (Å²) in [4.78, 5) is 19.3. The number of nitriles is 1. The molecule has 0 atom stereocenters. The number of anilines is 2.